The predicted octanol–water partition coefficient (Wildman–Crippen LogP) is 3.24. The minimum absolute atomic E-state index is 0.0557. The smallest absolute Gasteiger partial charge is 0.251 e. The number of hydrogen-bond donors (Lipinski definition) is 1. The van der Waals surface area contributed by atoms with Crippen LogP contribution in [0.1, 0.15) is 23.7 Å². The van der Waals surface area contributed by atoms with Crippen molar-refractivity contribution >= 4 is 33.4 Å². The Bertz CT molecular complexity index is 324. The van der Waals surface area contributed by atoms with Crippen molar-refractivity contribution in [3.8, 4) is 0 Å². The van der Waals surface area contributed by atoms with Gasteiger partial charge < -0.3 is 5.32 Å². The minimum atomic E-state index is -0.0557. The van der Waals surface area contributed by atoms with Gasteiger partial charge >= 0.3 is 0 Å². The van der Waals surface area contributed by atoms with Gasteiger partial charge in [0.2, 0.25) is 0 Å². The molecule has 0 saturated carbocycles. The Hall–Kier alpha value is -0.540. The average molecular weight is 291 g/mol. The number of hydrogen-bond acceptors (Lipinski definition) is 1. The lowest BCUT2D eigenvalue weighted by Gasteiger charge is -2.06. The first kappa shape index (κ1) is 12.5. The molecule has 1 rings (SSSR count). The molecule has 1 aromatic carbocycles. The average Bonchev–Trinajstić information content (AvgIpc) is 2.18. The third kappa shape index (κ3) is 4.67. The van der Waals surface area contributed by atoms with E-state index in [0.29, 0.717) is 22.0 Å². The van der Waals surface area contributed by atoms with Crippen LogP contribution < -0.4 is 5.32 Å². The summed E-state index contributed by atoms with van der Waals surface area (Å²) in [7, 11) is 0. The van der Waals surface area contributed by atoms with Crippen LogP contribution in [0, 0.1) is 0 Å². The molecule has 1 amide bonds. The second-order valence-corrected chi connectivity index (χ2v) is 5.33. The Labute approximate surface area is 103 Å². The van der Waals surface area contributed by atoms with Crippen molar-refractivity contribution in [3.63, 3.8) is 0 Å². The largest absolute Gasteiger partial charge is 0.352 e. The molecule has 0 radical (unpaired) electrons. The number of alkyl halides is 1. The maximum Gasteiger partial charge on any atom is 0.251 e. The third-order valence-electron chi connectivity index (χ3n) is 1.93. The number of benzene rings is 1. The van der Waals surface area contributed by atoms with Gasteiger partial charge in [-0.25, -0.2) is 0 Å². The first-order chi connectivity index (χ1) is 7.09. The Morgan fingerprint density at radius 2 is 2.07 bits per heavy atom. The Balaban J connectivity index is 2.43. The standard InChI is InChI=1S/C11H13BrClNO/c1-8(12)6-7-14-11(15)9-2-4-10(13)5-3-9/h2-5,8H,6-7H2,1H3,(H,14,15). The zero-order chi connectivity index (χ0) is 11.3. The van der Waals surface area contributed by atoms with E-state index >= 15 is 0 Å². The summed E-state index contributed by atoms with van der Waals surface area (Å²) in [6, 6.07) is 6.86. The van der Waals surface area contributed by atoms with Gasteiger partial charge in [-0.3, -0.25) is 4.79 Å². The molecule has 1 unspecified atom stereocenters. The van der Waals surface area contributed by atoms with Gasteiger partial charge in [0, 0.05) is 22.0 Å². The highest BCUT2D eigenvalue weighted by Crippen LogP contribution is 2.09. The predicted molar refractivity (Wildman–Crippen MR) is 66.8 cm³/mol. The number of halogens is 2. The molecule has 0 aliphatic carbocycles. The maximum atomic E-state index is 11.6. The molecule has 0 heterocycles. The maximum absolute atomic E-state index is 11.6. The van der Waals surface area contributed by atoms with Gasteiger partial charge in [-0.1, -0.05) is 34.5 Å². The minimum Gasteiger partial charge on any atom is -0.352 e. The van der Waals surface area contributed by atoms with E-state index < -0.39 is 0 Å². The number of nitrogens with one attached hydrogen (secondary N) is 1. The molecule has 1 N–H and O–H groups in total. The first-order valence-electron chi connectivity index (χ1n) is 4.77. The summed E-state index contributed by atoms with van der Waals surface area (Å²) in [6.45, 7) is 2.72. The fraction of sp³-hybridized carbons (Fsp3) is 0.364. The van der Waals surface area contributed by atoms with Gasteiger partial charge in [-0.2, -0.15) is 0 Å². The molecular weight excluding hydrogens is 277 g/mol. The summed E-state index contributed by atoms with van der Waals surface area (Å²) < 4.78 is 0. The van der Waals surface area contributed by atoms with Crippen molar-refractivity contribution < 1.29 is 4.79 Å². The summed E-state index contributed by atoms with van der Waals surface area (Å²) in [5.74, 6) is -0.0557. The molecule has 15 heavy (non-hydrogen) atoms. The molecule has 0 bridgehead atoms. The highest BCUT2D eigenvalue weighted by Gasteiger charge is 2.04. The van der Waals surface area contributed by atoms with Crippen molar-refractivity contribution in [2.45, 2.75) is 18.2 Å². The van der Waals surface area contributed by atoms with Crippen molar-refractivity contribution in [1.82, 2.24) is 5.32 Å². The van der Waals surface area contributed by atoms with E-state index in [0.717, 1.165) is 6.42 Å². The highest BCUT2D eigenvalue weighted by molar-refractivity contribution is 9.09. The molecule has 4 heteroatoms. The van der Waals surface area contributed by atoms with Crippen LogP contribution in [0.4, 0.5) is 0 Å². The van der Waals surface area contributed by atoms with Crippen LogP contribution >= 0.6 is 27.5 Å². The van der Waals surface area contributed by atoms with E-state index in [9.17, 15) is 4.79 Å². The van der Waals surface area contributed by atoms with E-state index in [1.165, 1.54) is 0 Å². The second kappa shape index (κ2) is 6.13. The molecule has 0 fully saturated rings. The van der Waals surface area contributed by atoms with E-state index in [1.54, 1.807) is 24.3 Å². The van der Waals surface area contributed by atoms with Gasteiger partial charge in [0.25, 0.3) is 5.91 Å². The van der Waals surface area contributed by atoms with Gasteiger partial charge in [-0.05, 0) is 30.7 Å². The zero-order valence-corrected chi connectivity index (χ0v) is 10.8. The van der Waals surface area contributed by atoms with Gasteiger partial charge in [0.1, 0.15) is 0 Å². The first-order valence-corrected chi connectivity index (χ1v) is 6.07. The quantitative estimate of drug-likeness (QED) is 0.848. The fourth-order valence-corrected chi connectivity index (χ4v) is 1.44. The van der Waals surface area contributed by atoms with E-state index in [2.05, 4.69) is 28.2 Å². The van der Waals surface area contributed by atoms with E-state index in [4.69, 9.17) is 11.6 Å². The Morgan fingerprint density at radius 1 is 1.47 bits per heavy atom. The molecular formula is C11H13BrClNO. The van der Waals surface area contributed by atoms with Gasteiger partial charge in [-0.15, -0.1) is 0 Å². The van der Waals surface area contributed by atoms with Crippen LogP contribution in [0.2, 0.25) is 5.02 Å². The normalized spacial score (nSPS) is 12.2. The van der Waals surface area contributed by atoms with E-state index in [-0.39, 0.29) is 5.91 Å². The molecule has 2 nitrogen and oxygen atoms in total. The lowest BCUT2D eigenvalue weighted by molar-refractivity contribution is 0.0953. The zero-order valence-electron chi connectivity index (χ0n) is 8.47. The third-order valence-corrected chi connectivity index (χ3v) is 2.64. The molecule has 0 spiro atoms. The van der Waals surface area contributed by atoms with Crippen LogP contribution in [-0.4, -0.2) is 17.3 Å². The van der Waals surface area contributed by atoms with Crippen LogP contribution in [0.15, 0.2) is 24.3 Å². The molecule has 1 aromatic rings. The number of carbonyl (C=O) groups excluding carboxylic acids is 1. The highest BCUT2D eigenvalue weighted by atomic mass is 79.9. The summed E-state index contributed by atoms with van der Waals surface area (Å²) >= 11 is 9.15. The number of carbonyl (C=O) groups is 1. The number of amides is 1. The lowest BCUT2D eigenvalue weighted by atomic mass is 10.2. The van der Waals surface area contributed by atoms with Gasteiger partial charge in [0.15, 0.2) is 0 Å². The summed E-state index contributed by atoms with van der Waals surface area (Å²) in [5, 5.41) is 3.48. The summed E-state index contributed by atoms with van der Waals surface area (Å²) in [5.41, 5.74) is 0.640. The Morgan fingerprint density at radius 3 is 2.60 bits per heavy atom. The molecule has 0 saturated heterocycles. The Kier molecular flexibility index (Phi) is 5.12. The molecule has 0 aliphatic rings. The van der Waals surface area contributed by atoms with Crippen LogP contribution in [0.5, 0.6) is 0 Å². The van der Waals surface area contributed by atoms with Crippen molar-refractivity contribution in [2.24, 2.45) is 0 Å². The molecule has 0 aromatic heterocycles. The number of rotatable bonds is 4. The van der Waals surface area contributed by atoms with Crippen molar-refractivity contribution in [2.75, 3.05) is 6.54 Å². The van der Waals surface area contributed by atoms with Crippen molar-refractivity contribution in [3.05, 3.63) is 34.9 Å². The van der Waals surface area contributed by atoms with Crippen LogP contribution in [0.3, 0.4) is 0 Å². The van der Waals surface area contributed by atoms with Crippen molar-refractivity contribution in [1.29, 1.82) is 0 Å². The molecule has 82 valence electrons. The second-order valence-electron chi connectivity index (χ2n) is 3.33. The summed E-state index contributed by atoms with van der Waals surface area (Å²) in [4.78, 5) is 12.0. The van der Waals surface area contributed by atoms with Crippen LogP contribution in [0.25, 0.3) is 0 Å². The van der Waals surface area contributed by atoms with E-state index in [1.807, 2.05) is 0 Å². The SMILES string of the molecule is CC(Br)CCNC(=O)c1ccc(Cl)cc1. The summed E-state index contributed by atoms with van der Waals surface area (Å²) in [6.07, 6.45) is 0.916. The fourth-order valence-electron chi connectivity index (χ4n) is 1.09. The van der Waals surface area contributed by atoms with Crippen LogP contribution in [-0.2, 0) is 0 Å². The topological polar surface area (TPSA) is 29.1 Å². The lowest BCUT2D eigenvalue weighted by Crippen LogP contribution is -2.25. The molecule has 0 aliphatic heterocycles. The monoisotopic (exact) mass is 289 g/mol. The van der Waals surface area contributed by atoms with Gasteiger partial charge in [0.05, 0.1) is 0 Å². The molecule has 1 atom stereocenters.